The fourth-order valence-electron chi connectivity index (χ4n) is 1.63. The van der Waals surface area contributed by atoms with Gasteiger partial charge in [-0.25, -0.2) is 0 Å². The van der Waals surface area contributed by atoms with Gasteiger partial charge in [0.15, 0.2) is 0 Å². The Morgan fingerprint density at radius 2 is 1.85 bits per heavy atom. The molecule has 0 radical (unpaired) electrons. The van der Waals surface area contributed by atoms with E-state index in [4.69, 9.17) is 5.26 Å². The second kappa shape index (κ2) is 5.99. The van der Waals surface area contributed by atoms with Crippen LogP contribution in [0.4, 0.5) is 0 Å². The second-order valence-corrected chi connectivity index (χ2v) is 4.20. The summed E-state index contributed by atoms with van der Waals surface area (Å²) in [5.74, 6) is 0.702. The Hall–Kier alpha value is -0.550. The van der Waals surface area contributed by atoms with Crippen LogP contribution in [-0.4, -0.2) is 24.0 Å². The molecule has 0 amide bonds. The average molecular weight is 182 g/mol. The van der Waals surface area contributed by atoms with E-state index in [0.29, 0.717) is 12.0 Å². The Labute approximate surface area is 82.5 Å². The molecule has 2 atom stereocenters. The summed E-state index contributed by atoms with van der Waals surface area (Å²) in [5.41, 5.74) is 0. The fraction of sp³-hybridized carbons (Fsp3) is 0.909. The Morgan fingerprint density at radius 1 is 1.31 bits per heavy atom. The molecule has 0 aliphatic carbocycles. The predicted octanol–water partition coefficient (Wildman–Crippen LogP) is 2.65. The predicted molar refractivity (Wildman–Crippen MR) is 56.4 cm³/mol. The van der Waals surface area contributed by atoms with Crippen molar-refractivity contribution in [2.24, 2.45) is 5.92 Å². The van der Waals surface area contributed by atoms with Crippen molar-refractivity contribution in [3.63, 3.8) is 0 Å². The highest BCUT2D eigenvalue weighted by Crippen LogP contribution is 2.13. The van der Waals surface area contributed by atoms with Crippen LogP contribution in [0.25, 0.3) is 0 Å². The van der Waals surface area contributed by atoms with Gasteiger partial charge in [-0.1, -0.05) is 20.8 Å². The van der Waals surface area contributed by atoms with E-state index in [9.17, 15) is 0 Å². The molecular formula is C11H22N2. The highest BCUT2D eigenvalue weighted by molar-refractivity contribution is 4.91. The van der Waals surface area contributed by atoms with E-state index in [-0.39, 0.29) is 6.04 Å². The number of nitriles is 1. The van der Waals surface area contributed by atoms with Gasteiger partial charge in [0.2, 0.25) is 0 Å². The van der Waals surface area contributed by atoms with Crippen LogP contribution in [0.15, 0.2) is 0 Å². The van der Waals surface area contributed by atoms with E-state index in [0.717, 1.165) is 12.8 Å². The van der Waals surface area contributed by atoms with Crippen LogP contribution < -0.4 is 0 Å². The van der Waals surface area contributed by atoms with Crippen molar-refractivity contribution in [3.8, 4) is 6.07 Å². The summed E-state index contributed by atoms with van der Waals surface area (Å²) in [6, 6.07) is 2.91. The van der Waals surface area contributed by atoms with Gasteiger partial charge < -0.3 is 0 Å². The molecule has 0 rings (SSSR count). The standard InChI is InChI=1S/C11H22N2/c1-6-11(8-12)13(5)10(4)7-9(2)3/h9-11H,6-7H2,1-5H3. The van der Waals surface area contributed by atoms with Gasteiger partial charge in [-0.15, -0.1) is 0 Å². The van der Waals surface area contributed by atoms with Gasteiger partial charge in [0.05, 0.1) is 12.1 Å². The van der Waals surface area contributed by atoms with Crippen molar-refractivity contribution in [1.82, 2.24) is 4.90 Å². The van der Waals surface area contributed by atoms with Crippen LogP contribution in [0, 0.1) is 17.2 Å². The van der Waals surface area contributed by atoms with Crippen molar-refractivity contribution in [2.45, 2.75) is 52.6 Å². The van der Waals surface area contributed by atoms with E-state index in [2.05, 4.69) is 38.7 Å². The zero-order chi connectivity index (χ0) is 10.4. The first-order valence-electron chi connectivity index (χ1n) is 5.14. The minimum absolute atomic E-state index is 0.0775. The summed E-state index contributed by atoms with van der Waals surface area (Å²) >= 11 is 0. The Morgan fingerprint density at radius 3 is 2.15 bits per heavy atom. The van der Waals surface area contributed by atoms with Crippen LogP contribution in [0.1, 0.15) is 40.5 Å². The lowest BCUT2D eigenvalue weighted by molar-refractivity contribution is 0.192. The molecule has 0 bridgehead atoms. The van der Waals surface area contributed by atoms with E-state index in [1.54, 1.807) is 0 Å². The van der Waals surface area contributed by atoms with E-state index < -0.39 is 0 Å². The molecule has 0 N–H and O–H groups in total. The quantitative estimate of drug-likeness (QED) is 0.653. The minimum atomic E-state index is 0.0775. The molecule has 0 fully saturated rings. The third-order valence-corrected chi connectivity index (χ3v) is 2.54. The lowest BCUT2D eigenvalue weighted by atomic mass is 10.0. The molecule has 0 aliphatic rings. The van der Waals surface area contributed by atoms with Crippen molar-refractivity contribution >= 4 is 0 Å². The van der Waals surface area contributed by atoms with E-state index in [1.165, 1.54) is 0 Å². The number of nitrogens with zero attached hydrogens (tertiary/aromatic N) is 2. The highest BCUT2D eigenvalue weighted by atomic mass is 15.1. The van der Waals surface area contributed by atoms with Crippen molar-refractivity contribution in [2.75, 3.05) is 7.05 Å². The summed E-state index contributed by atoms with van der Waals surface area (Å²) < 4.78 is 0. The molecule has 2 heteroatoms. The first-order chi connectivity index (χ1) is 6.02. The third kappa shape index (κ3) is 4.28. The number of rotatable bonds is 5. The normalized spacial score (nSPS) is 15.8. The van der Waals surface area contributed by atoms with Crippen LogP contribution >= 0.6 is 0 Å². The summed E-state index contributed by atoms with van der Waals surface area (Å²) in [7, 11) is 2.05. The van der Waals surface area contributed by atoms with Crippen molar-refractivity contribution in [3.05, 3.63) is 0 Å². The second-order valence-electron chi connectivity index (χ2n) is 4.20. The molecule has 0 saturated carbocycles. The molecule has 0 spiro atoms. The zero-order valence-electron chi connectivity index (χ0n) is 9.54. The van der Waals surface area contributed by atoms with Gasteiger partial charge in [-0.05, 0) is 32.7 Å². The lowest BCUT2D eigenvalue weighted by Gasteiger charge is -2.29. The summed E-state index contributed by atoms with van der Waals surface area (Å²) in [4.78, 5) is 2.18. The van der Waals surface area contributed by atoms with Gasteiger partial charge >= 0.3 is 0 Å². The van der Waals surface area contributed by atoms with Crippen molar-refractivity contribution < 1.29 is 0 Å². The van der Waals surface area contributed by atoms with Crippen LogP contribution in [-0.2, 0) is 0 Å². The number of hydrogen-bond donors (Lipinski definition) is 0. The molecule has 0 heterocycles. The van der Waals surface area contributed by atoms with Crippen molar-refractivity contribution in [1.29, 1.82) is 5.26 Å². The molecule has 76 valence electrons. The molecule has 13 heavy (non-hydrogen) atoms. The molecular weight excluding hydrogens is 160 g/mol. The van der Waals surface area contributed by atoms with Crippen LogP contribution in [0.5, 0.6) is 0 Å². The maximum atomic E-state index is 8.89. The molecule has 0 aromatic carbocycles. The Balaban J connectivity index is 4.08. The van der Waals surface area contributed by atoms with E-state index >= 15 is 0 Å². The molecule has 0 aliphatic heterocycles. The maximum absolute atomic E-state index is 8.89. The third-order valence-electron chi connectivity index (χ3n) is 2.54. The fourth-order valence-corrected chi connectivity index (χ4v) is 1.63. The van der Waals surface area contributed by atoms with Gasteiger partial charge in [-0.3, -0.25) is 4.90 Å². The molecule has 2 nitrogen and oxygen atoms in total. The molecule has 0 aromatic rings. The first kappa shape index (κ1) is 12.4. The topological polar surface area (TPSA) is 27.0 Å². The van der Waals surface area contributed by atoms with Gasteiger partial charge in [0.25, 0.3) is 0 Å². The largest absolute Gasteiger partial charge is 0.288 e. The smallest absolute Gasteiger partial charge is 0.0975 e. The molecule has 0 saturated heterocycles. The Bertz CT molecular complexity index is 169. The van der Waals surface area contributed by atoms with Crippen LogP contribution in [0.3, 0.4) is 0 Å². The molecule has 2 unspecified atom stereocenters. The SMILES string of the molecule is CCC(C#N)N(C)C(C)CC(C)C. The van der Waals surface area contributed by atoms with Crippen LogP contribution in [0.2, 0.25) is 0 Å². The lowest BCUT2D eigenvalue weighted by Crippen LogP contribution is -2.38. The van der Waals surface area contributed by atoms with E-state index in [1.807, 2.05) is 7.05 Å². The number of hydrogen-bond acceptors (Lipinski definition) is 2. The maximum Gasteiger partial charge on any atom is 0.0975 e. The summed E-state index contributed by atoms with van der Waals surface area (Å²) in [6.07, 6.45) is 2.07. The minimum Gasteiger partial charge on any atom is -0.288 e. The monoisotopic (exact) mass is 182 g/mol. The van der Waals surface area contributed by atoms with Gasteiger partial charge in [0, 0.05) is 6.04 Å². The first-order valence-corrected chi connectivity index (χ1v) is 5.14. The highest BCUT2D eigenvalue weighted by Gasteiger charge is 2.18. The summed E-state index contributed by atoms with van der Waals surface area (Å²) in [5, 5.41) is 8.89. The average Bonchev–Trinajstić information content (AvgIpc) is 2.05. The molecule has 0 aromatic heterocycles. The Kier molecular flexibility index (Phi) is 5.73. The summed E-state index contributed by atoms with van der Waals surface area (Å²) in [6.45, 7) is 8.70. The van der Waals surface area contributed by atoms with Gasteiger partial charge in [-0.2, -0.15) is 5.26 Å². The zero-order valence-corrected chi connectivity index (χ0v) is 9.54. The van der Waals surface area contributed by atoms with Gasteiger partial charge in [0.1, 0.15) is 0 Å².